The molecule has 1 aliphatic carbocycles. The average Bonchev–Trinajstić information content (AvgIpc) is 2.93. The van der Waals surface area contributed by atoms with Crippen LogP contribution >= 0.6 is 0 Å². The molecule has 0 unspecified atom stereocenters. The van der Waals surface area contributed by atoms with Crippen LogP contribution in [0.25, 0.3) is 0 Å². The van der Waals surface area contributed by atoms with Gasteiger partial charge >= 0.3 is 0 Å². The molecule has 3 rings (SSSR count). The Labute approximate surface area is 128 Å². The summed E-state index contributed by atoms with van der Waals surface area (Å²) in [7, 11) is 1.50. The fraction of sp³-hybridized carbons (Fsp3) is 0.600. The third-order valence-corrected chi connectivity index (χ3v) is 4.11. The van der Waals surface area contributed by atoms with Crippen molar-refractivity contribution >= 4 is 5.91 Å². The van der Waals surface area contributed by atoms with Crippen LogP contribution in [0.5, 0.6) is 5.88 Å². The maximum absolute atomic E-state index is 13.7. The molecule has 1 saturated heterocycles. The highest BCUT2D eigenvalue weighted by atomic mass is 19.1. The van der Waals surface area contributed by atoms with Gasteiger partial charge in [-0.05, 0) is 25.0 Å². The Bertz CT molecular complexity index is 542. The summed E-state index contributed by atoms with van der Waals surface area (Å²) in [4.78, 5) is 17.8. The summed E-state index contributed by atoms with van der Waals surface area (Å²) in [5.74, 6) is -0.559. The molecule has 1 aliphatic heterocycles. The zero-order valence-corrected chi connectivity index (χ0v) is 12.4. The van der Waals surface area contributed by atoms with E-state index < -0.39 is 5.82 Å². The van der Waals surface area contributed by atoms with E-state index in [-0.39, 0.29) is 36.6 Å². The van der Waals surface area contributed by atoms with Gasteiger partial charge in [0.15, 0.2) is 5.82 Å². The molecule has 1 aromatic heterocycles. The van der Waals surface area contributed by atoms with Crippen molar-refractivity contribution in [1.29, 1.82) is 0 Å². The Morgan fingerprint density at radius 2 is 2.41 bits per heavy atom. The van der Waals surface area contributed by atoms with Crippen molar-refractivity contribution in [3.05, 3.63) is 24.1 Å². The Morgan fingerprint density at radius 1 is 1.55 bits per heavy atom. The first-order chi connectivity index (χ1) is 10.7. The van der Waals surface area contributed by atoms with Gasteiger partial charge in [-0.2, -0.15) is 0 Å². The van der Waals surface area contributed by atoms with Crippen molar-refractivity contribution in [3.8, 4) is 5.88 Å². The number of morpholine rings is 1. The second-order valence-corrected chi connectivity index (χ2v) is 5.45. The van der Waals surface area contributed by atoms with E-state index in [1.54, 1.807) is 4.90 Å². The summed E-state index contributed by atoms with van der Waals surface area (Å²) in [6, 6.07) is 2.78. The number of methoxy groups -OCH3 is 1. The number of halogens is 1. The number of hydrogen-bond donors (Lipinski definition) is 0. The minimum Gasteiger partial charge on any atom is -0.469 e. The predicted octanol–water partition coefficient (Wildman–Crippen LogP) is 1.00. The standard InChI is InChI=1S/C15H19FN2O4/c1-20-9-13(19)18-7-8-21-14-11(18)4-5-12(14)22-15-10(16)3-2-6-17-15/h2-3,6,11-12,14H,4-5,7-9H2,1H3/t11-,12+,14+/m1/s1. The largest absolute Gasteiger partial charge is 0.469 e. The fourth-order valence-corrected chi connectivity index (χ4v) is 3.16. The number of amides is 1. The zero-order valence-electron chi connectivity index (χ0n) is 12.4. The van der Waals surface area contributed by atoms with Crippen molar-refractivity contribution in [1.82, 2.24) is 9.88 Å². The van der Waals surface area contributed by atoms with Crippen molar-refractivity contribution in [2.75, 3.05) is 26.9 Å². The van der Waals surface area contributed by atoms with Crippen LogP contribution in [0.4, 0.5) is 4.39 Å². The van der Waals surface area contributed by atoms with Crippen LogP contribution in [-0.2, 0) is 14.3 Å². The number of carbonyl (C=O) groups is 1. The van der Waals surface area contributed by atoms with Crippen LogP contribution in [0, 0.1) is 5.82 Å². The third-order valence-electron chi connectivity index (χ3n) is 4.11. The molecule has 3 atom stereocenters. The molecule has 6 nitrogen and oxygen atoms in total. The number of hydrogen-bond acceptors (Lipinski definition) is 5. The molecular formula is C15H19FN2O4. The molecule has 0 aromatic carbocycles. The first kappa shape index (κ1) is 15.2. The smallest absolute Gasteiger partial charge is 0.250 e. The maximum Gasteiger partial charge on any atom is 0.250 e. The van der Waals surface area contributed by atoms with Gasteiger partial charge in [0.2, 0.25) is 5.91 Å². The van der Waals surface area contributed by atoms with Crippen LogP contribution in [0.15, 0.2) is 18.3 Å². The molecule has 2 fully saturated rings. The average molecular weight is 310 g/mol. The van der Waals surface area contributed by atoms with Gasteiger partial charge < -0.3 is 19.1 Å². The summed E-state index contributed by atoms with van der Waals surface area (Å²) < 4.78 is 30.0. The lowest BCUT2D eigenvalue weighted by molar-refractivity contribution is -0.151. The molecule has 120 valence electrons. The first-order valence-electron chi connectivity index (χ1n) is 7.38. The Kier molecular flexibility index (Phi) is 4.54. The Hall–Kier alpha value is -1.73. The van der Waals surface area contributed by atoms with E-state index >= 15 is 0 Å². The maximum atomic E-state index is 13.7. The van der Waals surface area contributed by atoms with Gasteiger partial charge in [0.1, 0.15) is 18.8 Å². The van der Waals surface area contributed by atoms with Gasteiger partial charge in [0.05, 0.1) is 12.6 Å². The summed E-state index contributed by atoms with van der Waals surface area (Å²) in [6.45, 7) is 1.05. The minimum atomic E-state index is -0.492. The van der Waals surface area contributed by atoms with Crippen LogP contribution in [0.2, 0.25) is 0 Å². The van der Waals surface area contributed by atoms with Crippen LogP contribution < -0.4 is 4.74 Å². The highest BCUT2D eigenvalue weighted by molar-refractivity contribution is 5.78. The number of carbonyl (C=O) groups excluding carboxylic acids is 1. The number of rotatable bonds is 4. The molecule has 0 N–H and O–H groups in total. The summed E-state index contributed by atoms with van der Waals surface area (Å²) >= 11 is 0. The van der Waals surface area contributed by atoms with Crippen molar-refractivity contribution in [2.45, 2.75) is 31.1 Å². The zero-order chi connectivity index (χ0) is 15.5. The van der Waals surface area contributed by atoms with Crippen LogP contribution in [-0.4, -0.2) is 60.9 Å². The lowest BCUT2D eigenvalue weighted by atomic mass is 10.1. The molecule has 1 aromatic rings. The highest BCUT2D eigenvalue weighted by Gasteiger charge is 2.45. The van der Waals surface area contributed by atoms with E-state index in [0.717, 1.165) is 6.42 Å². The molecule has 0 radical (unpaired) electrons. The van der Waals surface area contributed by atoms with E-state index in [9.17, 15) is 9.18 Å². The van der Waals surface area contributed by atoms with Gasteiger partial charge in [0.25, 0.3) is 5.88 Å². The van der Waals surface area contributed by atoms with E-state index in [4.69, 9.17) is 14.2 Å². The molecular weight excluding hydrogens is 291 g/mol. The van der Waals surface area contributed by atoms with Gasteiger partial charge in [-0.15, -0.1) is 0 Å². The molecule has 2 heterocycles. The fourth-order valence-electron chi connectivity index (χ4n) is 3.16. The monoisotopic (exact) mass is 310 g/mol. The van der Waals surface area contributed by atoms with Gasteiger partial charge in [-0.3, -0.25) is 4.79 Å². The van der Waals surface area contributed by atoms with Gasteiger partial charge in [-0.25, -0.2) is 9.37 Å². The highest BCUT2D eigenvalue weighted by Crippen LogP contribution is 2.33. The Balaban J connectivity index is 1.70. The second kappa shape index (κ2) is 6.58. The normalized spacial score (nSPS) is 27.5. The number of nitrogens with zero attached hydrogens (tertiary/aromatic N) is 2. The summed E-state index contributed by atoms with van der Waals surface area (Å²) in [6.07, 6.45) is 2.39. The first-order valence-corrected chi connectivity index (χ1v) is 7.38. The van der Waals surface area contributed by atoms with E-state index in [1.165, 1.54) is 25.4 Å². The molecule has 2 aliphatic rings. The number of fused-ring (bicyclic) bond motifs is 1. The SMILES string of the molecule is COCC(=O)N1CCO[C@@H]2[C@@H](Oc3ncccc3F)CC[C@H]21. The lowest BCUT2D eigenvalue weighted by Gasteiger charge is -2.38. The number of pyridine rings is 1. The van der Waals surface area contributed by atoms with Crippen molar-refractivity contribution in [3.63, 3.8) is 0 Å². The van der Waals surface area contributed by atoms with Crippen LogP contribution in [0.3, 0.4) is 0 Å². The number of aromatic nitrogens is 1. The quantitative estimate of drug-likeness (QED) is 0.830. The van der Waals surface area contributed by atoms with Crippen molar-refractivity contribution < 1.29 is 23.4 Å². The molecule has 1 saturated carbocycles. The topological polar surface area (TPSA) is 60.9 Å². The van der Waals surface area contributed by atoms with Gasteiger partial charge in [-0.1, -0.05) is 0 Å². The lowest BCUT2D eigenvalue weighted by Crippen LogP contribution is -2.55. The van der Waals surface area contributed by atoms with E-state index in [1.807, 2.05) is 0 Å². The molecule has 22 heavy (non-hydrogen) atoms. The van der Waals surface area contributed by atoms with Crippen LogP contribution in [0.1, 0.15) is 12.8 Å². The molecule has 1 amide bonds. The van der Waals surface area contributed by atoms with E-state index in [0.29, 0.717) is 19.6 Å². The Morgan fingerprint density at radius 3 is 3.18 bits per heavy atom. The summed E-state index contributed by atoms with van der Waals surface area (Å²) in [5, 5.41) is 0. The summed E-state index contributed by atoms with van der Waals surface area (Å²) in [5.41, 5.74) is 0. The van der Waals surface area contributed by atoms with Gasteiger partial charge in [0, 0.05) is 19.9 Å². The molecule has 7 heteroatoms. The van der Waals surface area contributed by atoms with E-state index in [2.05, 4.69) is 4.98 Å². The van der Waals surface area contributed by atoms with Crippen molar-refractivity contribution in [2.24, 2.45) is 0 Å². The number of ether oxygens (including phenoxy) is 3. The molecule has 0 spiro atoms. The second-order valence-electron chi connectivity index (χ2n) is 5.45. The third kappa shape index (κ3) is 2.91. The minimum absolute atomic E-state index is 0.0166. The predicted molar refractivity (Wildman–Crippen MR) is 75.0 cm³/mol. The molecule has 0 bridgehead atoms.